The SMILES string of the molecule is CC1CCc2c(sc3nc(C(C)Sc4nccn4C)[nH]c(=O)c23)C1. The molecule has 3 aromatic rings. The van der Waals surface area contributed by atoms with E-state index < -0.39 is 0 Å². The number of fused-ring (bicyclic) bond motifs is 3. The molecule has 4 rings (SSSR count). The molecule has 3 aromatic heterocycles. The zero-order valence-corrected chi connectivity index (χ0v) is 15.6. The highest BCUT2D eigenvalue weighted by Gasteiger charge is 2.24. The Kier molecular flexibility index (Phi) is 4.00. The average Bonchev–Trinajstić information content (AvgIpc) is 3.10. The first-order valence-electron chi connectivity index (χ1n) is 8.21. The Morgan fingerprint density at radius 1 is 1.50 bits per heavy atom. The van der Waals surface area contributed by atoms with Crippen molar-refractivity contribution in [3.05, 3.63) is 39.0 Å². The number of thiophene rings is 1. The zero-order valence-electron chi connectivity index (χ0n) is 14.0. The highest BCUT2D eigenvalue weighted by molar-refractivity contribution is 7.99. The van der Waals surface area contributed by atoms with E-state index in [0.717, 1.165) is 40.5 Å². The molecule has 1 N–H and O–H groups in total. The molecule has 0 saturated heterocycles. The Morgan fingerprint density at radius 3 is 3.08 bits per heavy atom. The number of hydrogen-bond donors (Lipinski definition) is 1. The molecule has 0 aromatic carbocycles. The smallest absolute Gasteiger partial charge is 0.259 e. The lowest BCUT2D eigenvalue weighted by Gasteiger charge is -2.17. The number of hydrogen-bond acceptors (Lipinski definition) is 5. The number of nitrogens with one attached hydrogen (secondary N) is 1. The number of imidazole rings is 1. The minimum absolute atomic E-state index is 0.00865. The van der Waals surface area contributed by atoms with Gasteiger partial charge in [-0.15, -0.1) is 11.3 Å². The zero-order chi connectivity index (χ0) is 16.8. The molecule has 0 saturated carbocycles. The summed E-state index contributed by atoms with van der Waals surface area (Å²) in [5, 5.41) is 1.78. The highest BCUT2D eigenvalue weighted by atomic mass is 32.2. The van der Waals surface area contributed by atoms with Crippen LogP contribution in [0.4, 0.5) is 0 Å². The molecule has 1 aliphatic rings. The molecule has 2 unspecified atom stereocenters. The van der Waals surface area contributed by atoms with Crippen LogP contribution in [0.25, 0.3) is 10.2 Å². The van der Waals surface area contributed by atoms with Gasteiger partial charge in [-0.2, -0.15) is 0 Å². The van der Waals surface area contributed by atoms with Gasteiger partial charge in [0.15, 0.2) is 5.16 Å². The second-order valence-corrected chi connectivity index (χ2v) is 8.96. The van der Waals surface area contributed by atoms with E-state index in [1.807, 2.05) is 17.8 Å². The van der Waals surface area contributed by atoms with E-state index in [1.165, 1.54) is 10.4 Å². The van der Waals surface area contributed by atoms with Crippen molar-refractivity contribution < 1.29 is 0 Å². The monoisotopic (exact) mass is 360 g/mol. The Labute approximate surface area is 148 Å². The second kappa shape index (κ2) is 6.04. The molecule has 7 heteroatoms. The minimum atomic E-state index is 0.00865. The normalized spacial score (nSPS) is 18.7. The molecule has 2 atom stereocenters. The van der Waals surface area contributed by atoms with E-state index in [4.69, 9.17) is 4.98 Å². The third-order valence-electron chi connectivity index (χ3n) is 4.63. The van der Waals surface area contributed by atoms with E-state index in [1.54, 1.807) is 29.3 Å². The topological polar surface area (TPSA) is 63.6 Å². The van der Waals surface area contributed by atoms with Crippen LogP contribution in [0.5, 0.6) is 0 Å². The second-order valence-electron chi connectivity index (χ2n) is 6.56. The van der Waals surface area contributed by atoms with Crippen LogP contribution in [0.1, 0.15) is 41.8 Å². The van der Waals surface area contributed by atoms with Crippen molar-refractivity contribution in [3.8, 4) is 0 Å². The van der Waals surface area contributed by atoms with E-state index in [0.29, 0.717) is 5.92 Å². The molecule has 1 aliphatic carbocycles. The maximum atomic E-state index is 12.7. The molecule has 0 fully saturated rings. The standard InChI is InChI=1S/C17H20N4OS2/c1-9-4-5-11-12(8-9)24-16-13(11)15(22)19-14(20-16)10(2)23-17-18-6-7-21(17)3/h6-7,9-10H,4-5,8H2,1-3H3,(H,19,20,22). The first-order valence-corrected chi connectivity index (χ1v) is 9.91. The van der Waals surface area contributed by atoms with Gasteiger partial charge in [0.25, 0.3) is 5.56 Å². The summed E-state index contributed by atoms with van der Waals surface area (Å²) in [6, 6.07) is 0. The maximum absolute atomic E-state index is 12.7. The van der Waals surface area contributed by atoms with Crippen molar-refractivity contribution >= 4 is 33.3 Å². The van der Waals surface area contributed by atoms with Crippen LogP contribution >= 0.6 is 23.1 Å². The van der Waals surface area contributed by atoms with Crippen molar-refractivity contribution in [2.75, 3.05) is 0 Å². The van der Waals surface area contributed by atoms with Gasteiger partial charge in [-0.25, -0.2) is 9.97 Å². The van der Waals surface area contributed by atoms with Gasteiger partial charge >= 0.3 is 0 Å². The number of nitrogens with zero attached hydrogens (tertiary/aromatic N) is 3. The predicted octanol–water partition coefficient (Wildman–Crippen LogP) is 3.70. The molecule has 0 bridgehead atoms. The van der Waals surface area contributed by atoms with Crippen molar-refractivity contribution in [1.82, 2.24) is 19.5 Å². The Hall–Kier alpha value is -1.60. The minimum Gasteiger partial charge on any atom is -0.329 e. The first-order chi connectivity index (χ1) is 11.5. The summed E-state index contributed by atoms with van der Waals surface area (Å²) < 4.78 is 1.98. The summed E-state index contributed by atoms with van der Waals surface area (Å²) in [6.07, 6.45) is 6.93. The van der Waals surface area contributed by atoms with Crippen LogP contribution in [0, 0.1) is 5.92 Å². The molecule has 24 heavy (non-hydrogen) atoms. The van der Waals surface area contributed by atoms with Crippen molar-refractivity contribution in [3.63, 3.8) is 0 Å². The summed E-state index contributed by atoms with van der Waals surface area (Å²) in [5.74, 6) is 1.43. The largest absolute Gasteiger partial charge is 0.329 e. The number of rotatable bonds is 3. The van der Waals surface area contributed by atoms with Crippen LogP contribution in [0.2, 0.25) is 0 Å². The molecule has 0 spiro atoms. The van der Waals surface area contributed by atoms with Crippen LogP contribution < -0.4 is 5.56 Å². The molecule has 0 aliphatic heterocycles. The van der Waals surface area contributed by atoms with Gasteiger partial charge in [-0.05, 0) is 37.7 Å². The molecule has 0 radical (unpaired) electrons. The summed E-state index contributed by atoms with van der Waals surface area (Å²) >= 11 is 3.31. The lowest BCUT2D eigenvalue weighted by atomic mass is 9.89. The van der Waals surface area contributed by atoms with E-state index >= 15 is 0 Å². The quantitative estimate of drug-likeness (QED) is 0.724. The molecule has 5 nitrogen and oxygen atoms in total. The van der Waals surface area contributed by atoms with Gasteiger partial charge in [-0.1, -0.05) is 18.7 Å². The third-order valence-corrected chi connectivity index (χ3v) is 6.96. The number of thioether (sulfide) groups is 1. The van der Waals surface area contributed by atoms with E-state index in [2.05, 4.69) is 23.8 Å². The van der Waals surface area contributed by atoms with Crippen LogP contribution in [-0.2, 0) is 19.9 Å². The molecule has 126 valence electrons. The van der Waals surface area contributed by atoms with E-state index in [-0.39, 0.29) is 10.8 Å². The fraction of sp³-hybridized carbons (Fsp3) is 0.471. The summed E-state index contributed by atoms with van der Waals surface area (Å²) in [5.41, 5.74) is 1.24. The van der Waals surface area contributed by atoms with Gasteiger partial charge in [0.2, 0.25) is 0 Å². The third kappa shape index (κ3) is 2.69. The van der Waals surface area contributed by atoms with Crippen molar-refractivity contribution in [1.29, 1.82) is 0 Å². The molecular formula is C17H20N4OS2. The van der Waals surface area contributed by atoms with Gasteiger partial charge in [0.1, 0.15) is 10.7 Å². The summed E-state index contributed by atoms with van der Waals surface area (Å²) in [6.45, 7) is 4.33. The molecular weight excluding hydrogens is 340 g/mol. The van der Waals surface area contributed by atoms with Gasteiger partial charge in [-0.3, -0.25) is 4.79 Å². The number of aromatic amines is 1. The Bertz CT molecular complexity index is 955. The summed E-state index contributed by atoms with van der Waals surface area (Å²) in [4.78, 5) is 27.0. The Morgan fingerprint density at radius 2 is 2.33 bits per heavy atom. The lowest BCUT2D eigenvalue weighted by molar-refractivity contribution is 0.509. The van der Waals surface area contributed by atoms with Crippen LogP contribution in [0.3, 0.4) is 0 Å². The van der Waals surface area contributed by atoms with Crippen molar-refractivity contribution in [2.24, 2.45) is 13.0 Å². The van der Waals surface area contributed by atoms with Crippen LogP contribution in [-0.4, -0.2) is 19.5 Å². The van der Waals surface area contributed by atoms with Gasteiger partial charge in [0, 0.05) is 24.3 Å². The average molecular weight is 361 g/mol. The fourth-order valence-corrected chi connectivity index (χ4v) is 5.52. The fourth-order valence-electron chi connectivity index (χ4n) is 3.24. The lowest BCUT2D eigenvalue weighted by Crippen LogP contribution is -2.15. The van der Waals surface area contributed by atoms with Crippen molar-refractivity contribution in [2.45, 2.75) is 43.5 Å². The first kappa shape index (κ1) is 15.9. The summed E-state index contributed by atoms with van der Waals surface area (Å²) in [7, 11) is 1.97. The molecule has 3 heterocycles. The predicted molar refractivity (Wildman–Crippen MR) is 98.9 cm³/mol. The number of aromatic nitrogens is 4. The number of aryl methyl sites for hydroxylation is 2. The number of H-pyrrole nitrogens is 1. The molecule has 0 amide bonds. The Balaban J connectivity index is 1.73. The maximum Gasteiger partial charge on any atom is 0.259 e. The van der Waals surface area contributed by atoms with Gasteiger partial charge in [0.05, 0.1) is 10.6 Å². The van der Waals surface area contributed by atoms with Gasteiger partial charge < -0.3 is 9.55 Å². The van der Waals surface area contributed by atoms with Crippen LogP contribution in [0.15, 0.2) is 22.3 Å². The highest BCUT2D eigenvalue weighted by Crippen LogP contribution is 2.37. The van der Waals surface area contributed by atoms with E-state index in [9.17, 15) is 4.79 Å².